The molecule has 7 heteroatoms. The van der Waals surface area contributed by atoms with Crippen molar-refractivity contribution in [3.63, 3.8) is 0 Å². The van der Waals surface area contributed by atoms with Crippen LogP contribution in [-0.2, 0) is 18.1 Å². The molecule has 0 aromatic rings. The first-order chi connectivity index (χ1) is 2.00. The van der Waals surface area contributed by atoms with E-state index in [0.29, 0.717) is 0 Å². The third-order valence-electron chi connectivity index (χ3n) is 0. The monoisotopic (exact) mass is 296 g/mol. The maximum atomic E-state index is 7.38. The molecule has 0 bridgehead atoms. The molecule has 4 N–H and O–H groups in total. The molecular weight excluding hydrogens is 288 g/mol. The van der Waals surface area contributed by atoms with Gasteiger partial charge in [-0.15, -0.1) is 0 Å². The zero-order valence-corrected chi connectivity index (χ0v) is 3.85. The third kappa shape index (κ3) is 41.6. The molecule has 0 radical (unpaired) electrons. The summed E-state index contributed by atoms with van der Waals surface area (Å²) in [6.07, 6.45) is 0. The predicted molar refractivity (Wildman–Crippen MR) is 24.6 cm³/mol. The van der Waals surface area contributed by atoms with Crippen LogP contribution in [0.25, 0.3) is 0 Å². The fourth-order valence-corrected chi connectivity index (χ4v) is 0. The molecule has 0 spiro atoms. The molecule has 4 nitrogen and oxygen atoms in total. The third-order valence-corrected chi connectivity index (χ3v) is 0. The van der Waals surface area contributed by atoms with Gasteiger partial charge in [0.1, 0.15) is 0 Å². The summed E-state index contributed by atoms with van der Waals surface area (Å²) < 4.78 is 29.5. The van der Waals surface area contributed by atoms with E-state index in [1.54, 1.807) is 0 Å². The summed E-state index contributed by atoms with van der Waals surface area (Å²) in [6, 6.07) is 0. The summed E-state index contributed by atoms with van der Waals surface area (Å²) in [5.74, 6) is 0. The van der Waals surface area contributed by atoms with E-state index in [4.69, 9.17) is 14.8 Å². The molecule has 0 amide bonds. The molecule has 0 heterocycles. The molecule has 0 aromatic heterocycles. The zero-order valence-electron chi connectivity index (χ0n) is 2.29. The van der Waals surface area contributed by atoms with Crippen molar-refractivity contribution in [2.75, 3.05) is 0 Å². The van der Waals surface area contributed by atoms with Crippen molar-refractivity contribution in [2.24, 2.45) is 0 Å². The summed E-state index contributed by atoms with van der Waals surface area (Å²) >= 11 is -5.00. The Labute approximate surface area is 129 Å². The molecule has 7 heavy (non-hydrogen) atoms. The fourth-order valence-electron chi connectivity index (χ4n) is 0. The Hall–Kier alpha value is 3.76. The maximum absolute atomic E-state index is 7.38. The Balaban J connectivity index is -0.0000000800. The summed E-state index contributed by atoms with van der Waals surface area (Å²) in [6.45, 7) is 0. The SMILES string of the molecule is [BaH2].[KH].[OH][Ti]([OH])([OH])[OH]. The molecular formula is H7BaKO4Ti. The number of hydrogen-bond acceptors (Lipinski definition) is 4. The first-order valence-corrected chi connectivity index (χ1v) is 3.69. The molecule has 38 valence electrons. The van der Waals surface area contributed by atoms with Crippen molar-refractivity contribution in [1.29, 1.82) is 0 Å². The average Bonchev–Trinajstić information content (AvgIpc) is 0.722. The van der Waals surface area contributed by atoms with Crippen molar-refractivity contribution in [2.45, 2.75) is 0 Å². The van der Waals surface area contributed by atoms with Crippen LogP contribution in [0.5, 0.6) is 0 Å². The van der Waals surface area contributed by atoms with Gasteiger partial charge in [0, 0.05) is 0 Å². The van der Waals surface area contributed by atoms with Gasteiger partial charge in [-0.3, -0.25) is 0 Å². The van der Waals surface area contributed by atoms with Crippen LogP contribution in [0.4, 0.5) is 0 Å². The Morgan fingerprint density at radius 3 is 0.857 bits per heavy atom. The van der Waals surface area contributed by atoms with E-state index in [2.05, 4.69) is 0 Å². The van der Waals surface area contributed by atoms with Crippen LogP contribution in [0.2, 0.25) is 0 Å². The minimum absolute atomic E-state index is 0. The van der Waals surface area contributed by atoms with E-state index in [9.17, 15) is 0 Å². The van der Waals surface area contributed by atoms with Gasteiger partial charge in [0.15, 0.2) is 0 Å². The molecule has 0 saturated carbocycles. The fraction of sp³-hybridized carbons (Fsp3) is 0. The van der Waals surface area contributed by atoms with E-state index in [1.807, 2.05) is 0 Å². The first-order valence-electron chi connectivity index (χ1n) is 0.894. The van der Waals surface area contributed by atoms with Crippen molar-refractivity contribution >= 4 is 100 Å². The van der Waals surface area contributed by atoms with Crippen LogP contribution in [0.3, 0.4) is 0 Å². The molecule has 0 aliphatic heterocycles. The van der Waals surface area contributed by atoms with Crippen molar-refractivity contribution in [3.8, 4) is 0 Å². The molecule has 0 fully saturated rings. The first kappa shape index (κ1) is 17.0. The van der Waals surface area contributed by atoms with Crippen LogP contribution < -0.4 is 0 Å². The van der Waals surface area contributed by atoms with E-state index in [-0.39, 0.29) is 100 Å². The predicted octanol–water partition coefficient (Wildman–Crippen LogP) is -3.80. The van der Waals surface area contributed by atoms with Gasteiger partial charge in [-0.25, -0.2) is 0 Å². The van der Waals surface area contributed by atoms with Gasteiger partial charge in [0.05, 0.1) is 0 Å². The summed E-state index contributed by atoms with van der Waals surface area (Å²) in [4.78, 5) is 0. The standard InChI is InChI=1S/Ba.K.4H2O.Ti.3H/h;;4*1H2;;;;/q;;;;;;+4;;;/p-4. The number of rotatable bonds is 0. The Morgan fingerprint density at radius 2 is 0.857 bits per heavy atom. The van der Waals surface area contributed by atoms with Crippen molar-refractivity contribution in [1.82, 2.24) is 0 Å². The summed E-state index contributed by atoms with van der Waals surface area (Å²) in [5.41, 5.74) is 0. The van der Waals surface area contributed by atoms with Crippen LogP contribution in [-0.4, -0.2) is 115 Å². The summed E-state index contributed by atoms with van der Waals surface area (Å²) in [7, 11) is 0. The zero-order chi connectivity index (χ0) is 4.50. The van der Waals surface area contributed by atoms with E-state index >= 15 is 0 Å². The number of hydrogen-bond donors (Lipinski definition) is 4. The topological polar surface area (TPSA) is 80.9 Å². The quantitative estimate of drug-likeness (QED) is 0.346. The van der Waals surface area contributed by atoms with Crippen LogP contribution >= 0.6 is 0 Å². The van der Waals surface area contributed by atoms with Gasteiger partial charge >= 0.3 is 133 Å². The van der Waals surface area contributed by atoms with E-state index in [1.165, 1.54) is 0 Å². The molecule has 0 aliphatic carbocycles. The summed E-state index contributed by atoms with van der Waals surface area (Å²) in [5, 5.41) is 0. The van der Waals surface area contributed by atoms with Crippen LogP contribution in [0.15, 0.2) is 0 Å². The molecule has 0 rings (SSSR count). The van der Waals surface area contributed by atoms with Gasteiger partial charge < -0.3 is 0 Å². The van der Waals surface area contributed by atoms with Crippen LogP contribution in [0.1, 0.15) is 0 Å². The van der Waals surface area contributed by atoms with Crippen molar-refractivity contribution < 1.29 is 32.9 Å². The average molecular weight is 295 g/mol. The Kier molecular flexibility index (Phi) is 19.1. The Morgan fingerprint density at radius 1 is 0.857 bits per heavy atom. The molecule has 0 aliphatic rings. The van der Waals surface area contributed by atoms with Gasteiger partial charge in [-0.2, -0.15) is 0 Å². The van der Waals surface area contributed by atoms with Crippen molar-refractivity contribution in [3.05, 3.63) is 0 Å². The molecule has 0 saturated heterocycles. The molecule has 0 aromatic carbocycles. The normalized spacial score (nSPS) is 8.57. The second kappa shape index (κ2) is 7.86. The molecule has 0 unspecified atom stereocenters. The van der Waals surface area contributed by atoms with E-state index in [0.717, 1.165) is 0 Å². The second-order valence-corrected chi connectivity index (χ2v) is 2.47. The molecule has 0 atom stereocenters. The van der Waals surface area contributed by atoms with E-state index < -0.39 is 18.1 Å². The van der Waals surface area contributed by atoms with Crippen LogP contribution in [0, 0.1) is 0 Å². The van der Waals surface area contributed by atoms with Gasteiger partial charge in [0.2, 0.25) is 0 Å². The second-order valence-electron chi connectivity index (χ2n) is 0.600. The Bertz CT molecular complexity index is 27.2. The minimum atomic E-state index is -5.00. The van der Waals surface area contributed by atoms with Gasteiger partial charge in [-0.05, 0) is 0 Å². The van der Waals surface area contributed by atoms with Gasteiger partial charge in [0.25, 0.3) is 0 Å². The van der Waals surface area contributed by atoms with Gasteiger partial charge in [-0.1, -0.05) is 0 Å².